The molecule has 3 aromatic rings. The van der Waals surface area contributed by atoms with Gasteiger partial charge in [0.15, 0.2) is 0 Å². The van der Waals surface area contributed by atoms with E-state index in [1.165, 1.54) is 16.9 Å². The first-order valence-electron chi connectivity index (χ1n) is 7.36. The Kier molecular flexibility index (Phi) is 3.89. The van der Waals surface area contributed by atoms with Crippen molar-refractivity contribution in [2.24, 2.45) is 0 Å². The fraction of sp³-hybridized carbons (Fsp3) is 0.158. The van der Waals surface area contributed by atoms with E-state index in [-0.39, 0.29) is 5.76 Å². The van der Waals surface area contributed by atoms with Crippen molar-refractivity contribution in [2.45, 2.75) is 20.3 Å². The van der Waals surface area contributed by atoms with Crippen LogP contribution in [-0.2, 0) is 6.42 Å². The molecule has 3 rings (SSSR count). The zero-order valence-corrected chi connectivity index (χ0v) is 13.9. The first-order valence-corrected chi connectivity index (χ1v) is 8.18. The highest BCUT2D eigenvalue weighted by Gasteiger charge is 2.13. The highest BCUT2D eigenvalue weighted by molar-refractivity contribution is 7.16. The zero-order chi connectivity index (χ0) is 16.6. The van der Waals surface area contributed by atoms with Crippen molar-refractivity contribution in [1.29, 1.82) is 5.26 Å². The van der Waals surface area contributed by atoms with Crippen molar-refractivity contribution in [3.05, 3.63) is 58.6 Å². The van der Waals surface area contributed by atoms with Gasteiger partial charge in [0.1, 0.15) is 10.8 Å². The summed E-state index contributed by atoms with van der Waals surface area (Å²) in [6.07, 6.45) is 0.951. The summed E-state index contributed by atoms with van der Waals surface area (Å²) in [5.74, 6) is 0.0285. The molecule has 114 valence electrons. The lowest BCUT2D eigenvalue weighted by atomic mass is 9.99. The van der Waals surface area contributed by atoms with E-state index in [9.17, 15) is 10.4 Å². The molecule has 0 unspecified atom stereocenters. The van der Waals surface area contributed by atoms with Gasteiger partial charge in [0.25, 0.3) is 0 Å². The highest BCUT2D eigenvalue weighted by atomic mass is 32.1. The minimum atomic E-state index is 0.0285. The molecule has 0 atom stereocenters. The Labute approximate surface area is 139 Å². The summed E-state index contributed by atoms with van der Waals surface area (Å²) in [6, 6.07) is 12.4. The number of nitrogens with zero attached hydrogens (tertiary/aromatic N) is 2. The van der Waals surface area contributed by atoms with Gasteiger partial charge >= 0.3 is 0 Å². The zero-order valence-electron chi connectivity index (χ0n) is 13.1. The van der Waals surface area contributed by atoms with Crippen LogP contribution >= 0.6 is 11.3 Å². The van der Waals surface area contributed by atoms with Crippen LogP contribution in [-0.4, -0.2) is 10.1 Å². The third kappa shape index (κ3) is 2.71. The Morgan fingerprint density at radius 1 is 1.35 bits per heavy atom. The van der Waals surface area contributed by atoms with Crippen molar-refractivity contribution in [3.8, 4) is 16.6 Å². The molecule has 3 nitrogen and oxygen atoms in total. The largest absolute Gasteiger partial charge is 0.507 e. The van der Waals surface area contributed by atoms with Crippen LogP contribution in [0.25, 0.3) is 27.1 Å². The normalized spacial score (nSPS) is 10.7. The lowest BCUT2D eigenvalue weighted by Crippen LogP contribution is -1.87. The van der Waals surface area contributed by atoms with E-state index >= 15 is 0 Å². The van der Waals surface area contributed by atoms with E-state index < -0.39 is 0 Å². The Morgan fingerprint density at radius 2 is 2.13 bits per heavy atom. The number of hydrogen-bond acceptors (Lipinski definition) is 4. The molecule has 1 heterocycles. The number of fused-ring (bicyclic) bond motifs is 1. The van der Waals surface area contributed by atoms with Crippen molar-refractivity contribution in [3.63, 3.8) is 0 Å². The van der Waals surface area contributed by atoms with Crippen LogP contribution in [0.2, 0.25) is 0 Å². The van der Waals surface area contributed by atoms with Gasteiger partial charge in [-0.3, -0.25) is 0 Å². The molecule has 0 aliphatic heterocycles. The summed E-state index contributed by atoms with van der Waals surface area (Å²) < 4.78 is 0. The lowest BCUT2D eigenvalue weighted by molar-refractivity contribution is 0.515. The van der Waals surface area contributed by atoms with Crippen molar-refractivity contribution >= 4 is 27.9 Å². The van der Waals surface area contributed by atoms with Crippen LogP contribution < -0.4 is 0 Å². The molecule has 0 aliphatic rings. The highest BCUT2D eigenvalue weighted by Crippen LogP contribution is 2.34. The topological polar surface area (TPSA) is 56.9 Å². The van der Waals surface area contributed by atoms with Gasteiger partial charge in [0, 0.05) is 5.56 Å². The van der Waals surface area contributed by atoms with E-state index in [1.54, 1.807) is 0 Å². The molecule has 0 amide bonds. The minimum Gasteiger partial charge on any atom is -0.507 e. The first kappa shape index (κ1) is 15.3. The van der Waals surface area contributed by atoms with Gasteiger partial charge < -0.3 is 5.11 Å². The number of thiazole rings is 1. The van der Waals surface area contributed by atoms with Gasteiger partial charge in [-0.2, -0.15) is 5.26 Å². The Balaban J connectivity index is 2.24. The summed E-state index contributed by atoms with van der Waals surface area (Å²) in [5, 5.41) is 21.9. The average molecular weight is 320 g/mol. The third-order valence-electron chi connectivity index (χ3n) is 3.85. The number of rotatable bonds is 3. The number of benzene rings is 2. The first-order chi connectivity index (χ1) is 11.0. The number of aliphatic hydroxyl groups excluding tert-OH is 1. The number of hydrogen-bond donors (Lipinski definition) is 1. The molecule has 4 heteroatoms. The van der Waals surface area contributed by atoms with Gasteiger partial charge in [-0.05, 0) is 41.8 Å². The fourth-order valence-corrected chi connectivity index (χ4v) is 3.57. The van der Waals surface area contributed by atoms with Crippen molar-refractivity contribution in [2.75, 3.05) is 0 Å². The molecule has 1 N–H and O–H groups in total. The quantitative estimate of drug-likeness (QED) is 0.672. The van der Waals surface area contributed by atoms with E-state index in [0.29, 0.717) is 10.4 Å². The minimum absolute atomic E-state index is 0.0285. The van der Waals surface area contributed by atoms with Gasteiger partial charge in [-0.1, -0.05) is 31.7 Å². The predicted octanol–water partition coefficient (Wildman–Crippen LogP) is 5.23. The van der Waals surface area contributed by atoms with Crippen molar-refractivity contribution in [1.82, 2.24) is 4.98 Å². The second-order valence-corrected chi connectivity index (χ2v) is 6.42. The van der Waals surface area contributed by atoms with Crippen LogP contribution in [0.15, 0.2) is 36.9 Å². The summed E-state index contributed by atoms with van der Waals surface area (Å²) in [5.41, 5.74) is 3.51. The second kappa shape index (κ2) is 5.86. The molecule has 0 spiro atoms. The predicted molar refractivity (Wildman–Crippen MR) is 95.5 cm³/mol. The maximum Gasteiger partial charge on any atom is 0.127 e. The van der Waals surface area contributed by atoms with E-state index in [1.807, 2.05) is 19.1 Å². The molecule has 0 bridgehead atoms. The molecule has 0 saturated carbocycles. The van der Waals surface area contributed by atoms with Gasteiger partial charge in [-0.15, -0.1) is 11.3 Å². The summed E-state index contributed by atoms with van der Waals surface area (Å²) in [4.78, 5) is 5.20. The van der Waals surface area contributed by atoms with Gasteiger partial charge in [-0.25, -0.2) is 4.98 Å². The summed E-state index contributed by atoms with van der Waals surface area (Å²) >= 11 is 1.39. The number of aliphatic hydroxyl groups is 1. The fourth-order valence-electron chi connectivity index (χ4n) is 2.64. The molecule has 0 radical (unpaired) electrons. The van der Waals surface area contributed by atoms with E-state index in [0.717, 1.165) is 33.5 Å². The Morgan fingerprint density at radius 3 is 2.74 bits per heavy atom. The van der Waals surface area contributed by atoms with Crippen molar-refractivity contribution < 1.29 is 5.11 Å². The number of nitriles is 1. The molecule has 0 saturated heterocycles. The summed E-state index contributed by atoms with van der Waals surface area (Å²) in [7, 11) is 0. The molecule has 1 aromatic heterocycles. The molecule has 0 aliphatic carbocycles. The molecule has 23 heavy (non-hydrogen) atoms. The number of aromatic nitrogens is 1. The molecule has 0 fully saturated rings. The average Bonchev–Trinajstić information content (AvgIpc) is 2.95. The van der Waals surface area contributed by atoms with Crippen LogP contribution in [0.3, 0.4) is 0 Å². The van der Waals surface area contributed by atoms with Crippen LogP contribution in [0, 0.1) is 18.3 Å². The Hall–Kier alpha value is -2.64. The van der Waals surface area contributed by atoms with Crippen LogP contribution in [0.4, 0.5) is 0 Å². The van der Waals surface area contributed by atoms with Crippen LogP contribution in [0.1, 0.15) is 28.6 Å². The molecular formula is C19H16N2OS. The smallest absolute Gasteiger partial charge is 0.127 e. The standard InChI is InChI=1S/C19H16N2OS/c1-4-13-5-6-17-14(7-13)8-15(9-16(17)10-20)19-21-11(2)18(23-19)12(3)22/h5-9,22H,3-4H2,1-2H3. The Bertz CT molecular complexity index is 963. The number of aryl methyl sites for hydroxylation is 2. The van der Waals surface area contributed by atoms with E-state index in [2.05, 4.69) is 42.8 Å². The maximum atomic E-state index is 9.63. The second-order valence-electron chi connectivity index (χ2n) is 5.42. The van der Waals surface area contributed by atoms with Gasteiger partial charge in [0.2, 0.25) is 0 Å². The van der Waals surface area contributed by atoms with Crippen LogP contribution in [0.5, 0.6) is 0 Å². The van der Waals surface area contributed by atoms with Gasteiger partial charge in [0.05, 0.1) is 22.2 Å². The van der Waals surface area contributed by atoms with E-state index in [4.69, 9.17) is 0 Å². The monoisotopic (exact) mass is 320 g/mol. The molecule has 2 aromatic carbocycles. The third-order valence-corrected chi connectivity index (χ3v) is 5.11. The lowest BCUT2D eigenvalue weighted by Gasteiger charge is -2.06. The summed E-state index contributed by atoms with van der Waals surface area (Å²) in [6.45, 7) is 7.53. The molecular weight excluding hydrogens is 304 g/mol. The maximum absolute atomic E-state index is 9.63. The SMILES string of the molecule is C=C(O)c1sc(-c2cc(C#N)c3ccc(CC)cc3c2)nc1C.